The van der Waals surface area contributed by atoms with Crippen LogP contribution >= 0.6 is 11.3 Å². The van der Waals surface area contributed by atoms with Crippen LogP contribution in [-0.4, -0.2) is 26.1 Å². The fourth-order valence-corrected chi connectivity index (χ4v) is 4.51. The highest BCUT2D eigenvalue weighted by molar-refractivity contribution is 7.16. The van der Waals surface area contributed by atoms with Gasteiger partial charge in [0.2, 0.25) is 11.7 Å². The summed E-state index contributed by atoms with van der Waals surface area (Å²) in [5.41, 5.74) is 2.57. The number of rotatable bonds is 4. The van der Waals surface area contributed by atoms with E-state index in [-0.39, 0.29) is 12.5 Å². The average Bonchev–Trinajstić information content (AvgIpc) is 3.19. The molecule has 136 valence electrons. The van der Waals surface area contributed by atoms with E-state index in [9.17, 15) is 10.1 Å². The molecule has 2 aromatic heterocycles. The van der Waals surface area contributed by atoms with Crippen LogP contribution in [0.3, 0.4) is 0 Å². The fourth-order valence-electron chi connectivity index (χ4n) is 3.26. The first kappa shape index (κ1) is 17.4. The van der Waals surface area contributed by atoms with E-state index >= 15 is 0 Å². The van der Waals surface area contributed by atoms with Gasteiger partial charge in [-0.2, -0.15) is 10.1 Å². The molecule has 3 aromatic rings. The van der Waals surface area contributed by atoms with Gasteiger partial charge in [0, 0.05) is 10.4 Å². The third kappa shape index (κ3) is 3.73. The third-order valence-electron chi connectivity index (χ3n) is 4.56. The number of carbonyl (C=O) groups excluding carboxylic acids is 1. The second-order valence-corrected chi connectivity index (χ2v) is 7.54. The molecule has 0 unspecified atom stereocenters. The van der Waals surface area contributed by atoms with Gasteiger partial charge in [0.25, 0.3) is 0 Å². The predicted molar refractivity (Wildman–Crippen MR) is 102 cm³/mol. The van der Waals surface area contributed by atoms with Crippen molar-refractivity contribution in [3.63, 3.8) is 0 Å². The van der Waals surface area contributed by atoms with E-state index < -0.39 is 0 Å². The van der Waals surface area contributed by atoms with Crippen molar-refractivity contribution in [2.24, 2.45) is 0 Å². The Morgan fingerprint density at radius 2 is 2.04 bits per heavy atom. The Hall–Kier alpha value is -3.05. The minimum Gasteiger partial charge on any atom is -0.315 e. The van der Waals surface area contributed by atoms with Crippen LogP contribution in [0.2, 0.25) is 0 Å². The number of nitrogens with one attached hydrogen (secondary N) is 1. The summed E-state index contributed by atoms with van der Waals surface area (Å²) in [5.74, 6) is 0.212. The zero-order valence-electron chi connectivity index (χ0n) is 14.7. The van der Waals surface area contributed by atoms with Crippen LogP contribution in [-0.2, 0) is 24.2 Å². The maximum atomic E-state index is 12.4. The Bertz CT molecular complexity index is 1000. The van der Waals surface area contributed by atoms with Crippen molar-refractivity contribution in [1.82, 2.24) is 20.2 Å². The lowest BCUT2D eigenvalue weighted by molar-refractivity contribution is -0.117. The minimum absolute atomic E-state index is 0.0483. The van der Waals surface area contributed by atoms with Gasteiger partial charge in [0.1, 0.15) is 17.6 Å². The molecule has 0 radical (unpaired) electrons. The quantitative estimate of drug-likeness (QED) is 0.703. The first-order valence-electron chi connectivity index (χ1n) is 8.92. The number of benzene rings is 1. The van der Waals surface area contributed by atoms with Crippen molar-refractivity contribution in [3.8, 4) is 17.5 Å². The summed E-state index contributed by atoms with van der Waals surface area (Å²) in [6.07, 6.45) is 5.31. The number of amides is 1. The zero-order chi connectivity index (χ0) is 18.6. The lowest BCUT2D eigenvalue weighted by atomic mass is 10.1. The summed E-state index contributed by atoms with van der Waals surface area (Å²) in [5, 5.41) is 25.3. The molecule has 7 nitrogen and oxygen atoms in total. The van der Waals surface area contributed by atoms with Crippen molar-refractivity contribution in [3.05, 3.63) is 46.3 Å². The minimum atomic E-state index is -0.264. The number of aromatic nitrogens is 4. The lowest BCUT2D eigenvalue weighted by Gasteiger charge is -2.03. The number of thiophene rings is 1. The molecule has 0 aliphatic heterocycles. The van der Waals surface area contributed by atoms with E-state index in [1.807, 2.05) is 30.3 Å². The maximum absolute atomic E-state index is 12.4. The predicted octanol–water partition coefficient (Wildman–Crippen LogP) is 3.18. The summed E-state index contributed by atoms with van der Waals surface area (Å²) in [4.78, 5) is 14.9. The molecule has 1 aliphatic carbocycles. The molecule has 1 N–H and O–H groups in total. The Balaban J connectivity index is 1.48. The maximum Gasteiger partial charge on any atom is 0.248 e. The average molecular weight is 378 g/mol. The Morgan fingerprint density at radius 3 is 2.85 bits per heavy atom. The molecule has 4 rings (SSSR count). The first-order chi connectivity index (χ1) is 13.2. The van der Waals surface area contributed by atoms with Gasteiger partial charge in [-0.05, 0) is 36.5 Å². The smallest absolute Gasteiger partial charge is 0.248 e. The van der Waals surface area contributed by atoms with E-state index in [2.05, 4.69) is 26.8 Å². The van der Waals surface area contributed by atoms with Crippen LogP contribution in [0.25, 0.3) is 11.4 Å². The summed E-state index contributed by atoms with van der Waals surface area (Å²) < 4.78 is 0. The molecule has 0 fully saturated rings. The van der Waals surface area contributed by atoms with Crippen molar-refractivity contribution in [1.29, 1.82) is 5.26 Å². The second-order valence-electron chi connectivity index (χ2n) is 6.44. The number of aryl methyl sites for hydroxylation is 1. The van der Waals surface area contributed by atoms with Gasteiger partial charge in [0.15, 0.2) is 0 Å². The lowest BCUT2D eigenvalue weighted by Crippen LogP contribution is -2.20. The van der Waals surface area contributed by atoms with Crippen LogP contribution in [0.15, 0.2) is 30.3 Å². The standard InChI is InChI=1S/C19H18N6OS/c20-11-15-14-9-5-2-6-10-16(14)27-19(15)21-17(26)12-25-23-18(22-24-25)13-7-3-1-4-8-13/h1,3-4,7-8H,2,5-6,9-10,12H2,(H,21,26). The number of tetrazole rings is 1. The Kier molecular flexibility index (Phi) is 4.94. The molecule has 0 saturated heterocycles. The number of fused-ring (bicyclic) bond motifs is 1. The van der Waals surface area contributed by atoms with Crippen LogP contribution in [0.5, 0.6) is 0 Å². The Labute approximate surface area is 160 Å². The van der Waals surface area contributed by atoms with Gasteiger partial charge in [-0.25, -0.2) is 0 Å². The van der Waals surface area contributed by atoms with Crippen molar-refractivity contribution >= 4 is 22.2 Å². The summed E-state index contributed by atoms with van der Waals surface area (Å²) >= 11 is 1.52. The van der Waals surface area contributed by atoms with E-state index in [4.69, 9.17) is 0 Å². The first-order valence-corrected chi connectivity index (χ1v) is 9.74. The molecule has 1 amide bonds. The molecule has 27 heavy (non-hydrogen) atoms. The molecule has 1 aliphatic rings. The number of anilines is 1. The third-order valence-corrected chi connectivity index (χ3v) is 5.76. The van der Waals surface area contributed by atoms with E-state index in [1.54, 1.807) is 0 Å². The molecule has 2 heterocycles. The molecule has 0 atom stereocenters. The van der Waals surface area contributed by atoms with Crippen molar-refractivity contribution in [2.75, 3.05) is 5.32 Å². The zero-order valence-corrected chi connectivity index (χ0v) is 15.5. The number of carbonyl (C=O) groups is 1. The van der Waals surface area contributed by atoms with Gasteiger partial charge in [-0.1, -0.05) is 36.8 Å². The number of hydrogen-bond acceptors (Lipinski definition) is 6. The van der Waals surface area contributed by atoms with Crippen molar-refractivity contribution in [2.45, 2.75) is 38.6 Å². The molecular weight excluding hydrogens is 360 g/mol. The highest BCUT2D eigenvalue weighted by Gasteiger charge is 2.21. The molecule has 8 heteroatoms. The van der Waals surface area contributed by atoms with E-state index in [1.165, 1.54) is 27.4 Å². The normalized spacial score (nSPS) is 13.4. The number of nitrogens with zero attached hydrogens (tertiary/aromatic N) is 5. The Morgan fingerprint density at radius 1 is 1.22 bits per heavy atom. The van der Waals surface area contributed by atoms with Crippen molar-refractivity contribution < 1.29 is 4.79 Å². The van der Waals surface area contributed by atoms with Crippen LogP contribution < -0.4 is 5.32 Å². The van der Waals surface area contributed by atoms with Gasteiger partial charge < -0.3 is 5.32 Å². The highest BCUT2D eigenvalue weighted by atomic mass is 32.1. The largest absolute Gasteiger partial charge is 0.315 e. The van der Waals surface area contributed by atoms with Gasteiger partial charge in [-0.15, -0.1) is 21.5 Å². The fraction of sp³-hybridized carbons (Fsp3) is 0.316. The van der Waals surface area contributed by atoms with Gasteiger partial charge in [0.05, 0.1) is 5.56 Å². The summed E-state index contributed by atoms with van der Waals surface area (Å²) in [7, 11) is 0. The molecule has 0 bridgehead atoms. The van der Waals surface area contributed by atoms with Gasteiger partial charge >= 0.3 is 0 Å². The molecule has 0 saturated carbocycles. The molecule has 0 spiro atoms. The second kappa shape index (κ2) is 7.68. The highest BCUT2D eigenvalue weighted by Crippen LogP contribution is 2.36. The van der Waals surface area contributed by atoms with Crippen LogP contribution in [0, 0.1) is 11.3 Å². The van der Waals surface area contributed by atoms with E-state index in [0.29, 0.717) is 16.4 Å². The summed E-state index contributed by atoms with van der Waals surface area (Å²) in [6.45, 7) is -0.0483. The monoisotopic (exact) mass is 378 g/mol. The number of hydrogen-bond donors (Lipinski definition) is 1. The van der Waals surface area contributed by atoms with Crippen LogP contribution in [0.4, 0.5) is 5.00 Å². The van der Waals surface area contributed by atoms with Gasteiger partial charge in [-0.3, -0.25) is 4.79 Å². The molecule has 1 aromatic carbocycles. The SMILES string of the molecule is N#Cc1c(NC(=O)Cn2nnc(-c3ccccc3)n2)sc2c1CCCCC2. The van der Waals surface area contributed by atoms with E-state index in [0.717, 1.165) is 36.8 Å². The molecular formula is C19H18N6OS. The topological polar surface area (TPSA) is 96.5 Å². The summed E-state index contributed by atoms with van der Waals surface area (Å²) in [6, 6.07) is 11.8. The number of nitriles is 1. The van der Waals surface area contributed by atoms with Crippen LogP contribution in [0.1, 0.15) is 35.3 Å².